The Kier molecular flexibility index (Phi) is 5.62. The van der Waals surface area contributed by atoms with Crippen molar-refractivity contribution in [1.29, 1.82) is 0 Å². The van der Waals surface area contributed by atoms with Crippen LogP contribution in [0.1, 0.15) is 15.9 Å². The molecule has 1 amide bonds. The first-order valence-electron chi connectivity index (χ1n) is 8.14. The van der Waals surface area contributed by atoms with Gasteiger partial charge >= 0.3 is 5.97 Å². The van der Waals surface area contributed by atoms with Gasteiger partial charge in [0.05, 0.1) is 23.3 Å². The van der Waals surface area contributed by atoms with Gasteiger partial charge in [0.2, 0.25) is 0 Å². The minimum absolute atomic E-state index is 0.153. The van der Waals surface area contributed by atoms with Crippen LogP contribution in [-0.4, -0.2) is 37.4 Å². The Bertz CT molecular complexity index is 919. The largest absolute Gasteiger partial charge is 0.465 e. The molecule has 0 saturated carbocycles. The number of esters is 1. The zero-order chi connectivity index (χ0) is 19.6. The third-order valence-corrected chi connectivity index (χ3v) is 5.35. The molecule has 1 aliphatic rings. The van der Waals surface area contributed by atoms with Gasteiger partial charge in [-0.05, 0) is 48.0 Å². The first kappa shape index (κ1) is 19.1. The number of benzene rings is 2. The molecule has 0 spiro atoms. The molecule has 2 aromatic carbocycles. The van der Waals surface area contributed by atoms with Gasteiger partial charge in [-0.1, -0.05) is 36.1 Å². The Balaban J connectivity index is 1.83. The molecule has 27 heavy (non-hydrogen) atoms. The molecule has 0 aliphatic carbocycles. The van der Waals surface area contributed by atoms with Crippen LogP contribution in [0.3, 0.4) is 0 Å². The lowest BCUT2D eigenvalue weighted by molar-refractivity contribution is -0.113. The maximum absolute atomic E-state index is 12.8. The molecule has 1 saturated heterocycles. The molecule has 138 valence electrons. The number of hydrogen-bond donors (Lipinski definition) is 0. The third kappa shape index (κ3) is 4.04. The van der Waals surface area contributed by atoms with Gasteiger partial charge in [0.1, 0.15) is 0 Å². The summed E-state index contributed by atoms with van der Waals surface area (Å²) in [7, 11) is 5.26. The zero-order valence-electron chi connectivity index (χ0n) is 15.1. The van der Waals surface area contributed by atoms with Crippen LogP contribution in [0.5, 0.6) is 0 Å². The van der Waals surface area contributed by atoms with Gasteiger partial charge in [-0.3, -0.25) is 9.69 Å². The summed E-state index contributed by atoms with van der Waals surface area (Å²) >= 11 is 6.67. The number of amides is 1. The lowest BCUT2D eigenvalue weighted by Crippen LogP contribution is -2.27. The first-order valence-corrected chi connectivity index (χ1v) is 9.37. The van der Waals surface area contributed by atoms with Crippen LogP contribution in [0, 0.1) is 0 Å². The van der Waals surface area contributed by atoms with Gasteiger partial charge < -0.3 is 9.64 Å². The summed E-state index contributed by atoms with van der Waals surface area (Å²) in [6, 6.07) is 14.5. The molecule has 2 aromatic rings. The average Bonchev–Trinajstić information content (AvgIpc) is 2.95. The number of carbonyl (C=O) groups is 2. The van der Waals surface area contributed by atoms with E-state index in [2.05, 4.69) is 4.74 Å². The second-order valence-corrected chi connectivity index (χ2v) is 7.72. The van der Waals surface area contributed by atoms with Crippen LogP contribution >= 0.6 is 24.0 Å². The van der Waals surface area contributed by atoms with Crippen molar-refractivity contribution in [2.45, 2.75) is 0 Å². The van der Waals surface area contributed by atoms with Crippen molar-refractivity contribution in [2.75, 3.05) is 31.0 Å². The minimum atomic E-state index is -0.394. The van der Waals surface area contributed by atoms with Gasteiger partial charge in [-0.15, -0.1) is 0 Å². The zero-order valence-corrected chi connectivity index (χ0v) is 16.8. The van der Waals surface area contributed by atoms with E-state index < -0.39 is 5.97 Å². The fourth-order valence-corrected chi connectivity index (χ4v) is 3.87. The molecule has 1 heterocycles. The van der Waals surface area contributed by atoms with E-state index in [0.29, 0.717) is 14.8 Å². The van der Waals surface area contributed by atoms with E-state index in [-0.39, 0.29) is 5.91 Å². The Morgan fingerprint density at radius 2 is 1.74 bits per heavy atom. The van der Waals surface area contributed by atoms with E-state index in [1.807, 2.05) is 43.3 Å². The van der Waals surface area contributed by atoms with E-state index in [4.69, 9.17) is 12.2 Å². The summed E-state index contributed by atoms with van der Waals surface area (Å²) in [5.74, 6) is -0.548. The molecule has 3 rings (SSSR count). The SMILES string of the molecule is COC(=O)c1ccc(/C=C2\SC(=S)N(c3ccc(N(C)C)cc3)C2=O)cc1. The predicted octanol–water partition coefficient (Wildman–Crippen LogP) is 3.95. The van der Waals surface area contributed by atoms with Crippen molar-refractivity contribution in [3.05, 3.63) is 64.6 Å². The van der Waals surface area contributed by atoms with Crippen molar-refractivity contribution in [3.8, 4) is 0 Å². The van der Waals surface area contributed by atoms with Crippen LogP contribution < -0.4 is 9.80 Å². The van der Waals surface area contributed by atoms with Crippen molar-refractivity contribution in [3.63, 3.8) is 0 Å². The van der Waals surface area contributed by atoms with Gasteiger partial charge in [-0.25, -0.2) is 4.79 Å². The van der Waals surface area contributed by atoms with Gasteiger partial charge in [-0.2, -0.15) is 0 Å². The third-order valence-electron chi connectivity index (χ3n) is 4.05. The van der Waals surface area contributed by atoms with Crippen LogP contribution in [0.25, 0.3) is 6.08 Å². The number of nitrogens with zero attached hydrogens (tertiary/aromatic N) is 2. The van der Waals surface area contributed by atoms with Gasteiger partial charge in [0.15, 0.2) is 4.32 Å². The van der Waals surface area contributed by atoms with Gasteiger partial charge in [0.25, 0.3) is 5.91 Å². The molecular formula is C20H18N2O3S2. The second-order valence-electron chi connectivity index (χ2n) is 6.04. The molecule has 0 N–H and O–H groups in total. The lowest BCUT2D eigenvalue weighted by atomic mass is 10.1. The molecular weight excluding hydrogens is 380 g/mol. The van der Waals surface area contributed by atoms with E-state index in [0.717, 1.165) is 16.9 Å². The summed E-state index contributed by atoms with van der Waals surface area (Å²) in [6.07, 6.45) is 1.77. The molecule has 0 unspecified atom stereocenters. The van der Waals surface area contributed by atoms with Crippen LogP contribution in [0.2, 0.25) is 0 Å². The highest BCUT2D eigenvalue weighted by molar-refractivity contribution is 8.27. The number of thiocarbonyl (C=S) groups is 1. The van der Waals surface area contributed by atoms with Crippen molar-refractivity contribution in [1.82, 2.24) is 0 Å². The monoisotopic (exact) mass is 398 g/mol. The van der Waals surface area contributed by atoms with Crippen molar-refractivity contribution >= 4 is 57.6 Å². The Morgan fingerprint density at radius 3 is 2.30 bits per heavy atom. The van der Waals surface area contributed by atoms with E-state index in [1.165, 1.54) is 23.8 Å². The highest BCUT2D eigenvalue weighted by Gasteiger charge is 2.33. The van der Waals surface area contributed by atoms with Crippen molar-refractivity contribution < 1.29 is 14.3 Å². The van der Waals surface area contributed by atoms with Crippen LogP contribution in [-0.2, 0) is 9.53 Å². The molecule has 0 bridgehead atoms. The number of methoxy groups -OCH3 is 1. The summed E-state index contributed by atoms with van der Waals surface area (Å²) < 4.78 is 5.18. The number of carbonyl (C=O) groups excluding carboxylic acids is 2. The molecule has 7 heteroatoms. The normalized spacial score (nSPS) is 15.4. The maximum Gasteiger partial charge on any atom is 0.337 e. The molecule has 1 fully saturated rings. The highest BCUT2D eigenvalue weighted by Crippen LogP contribution is 2.36. The molecule has 0 aromatic heterocycles. The maximum atomic E-state index is 12.8. The smallest absolute Gasteiger partial charge is 0.337 e. The highest BCUT2D eigenvalue weighted by atomic mass is 32.2. The summed E-state index contributed by atoms with van der Waals surface area (Å²) in [6.45, 7) is 0. The Hall–Kier alpha value is -2.64. The fourth-order valence-electron chi connectivity index (χ4n) is 2.57. The topological polar surface area (TPSA) is 49.9 Å². The van der Waals surface area contributed by atoms with E-state index in [1.54, 1.807) is 30.3 Å². The Morgan fingerprint density at radius 1 is 1.11 bits per heavy atom. The average molecular weight is 399 g/mol. The number of ether oxygens (including phenoxy) is 1. The Labute approximate surface area is 167 Å². The minimum Gasteiger partial charge on any atom is -0.465 e. The number of rotatable bonds is 4. The number of anilines is 2. The quantitative estimate of drug-likeness (QED) is 0.442. The predicted molar refractivity (Wildman–Crippen MR) is 114 cm³/mol. The lowest BCUT2D eigenvalue weighted by Gasteiger charge is -2.17. The second kappa shape index (κ2) is 7.94. The fraction of sp³-hybridized carbons (Fsp3) is 0.150. The van der Waals surface area contributed by atoms with Crippen LogP contribution in [0.15, 0.2) is 53.4 Å². The van der Waals surface area contributed by atoms with Crippen molar-refractivity contribution in [2.24, 2.45) is 0 Å². The number of thioether (sulfide) groups is 1. The summed E-state index contributed by atoms with van der Waals surface area (Å²) in [5.41, 5.74) is 3.06. The standard InChI is InChI=1S/C20H18N2O3S2/c1-21(2)15-8-10-16(11-9-15)22-18(23)17(27-20(22)26)12-13-4-6-14(7-5-13)19(24)25-3/h4-12H,1-3H3/b17-12-. The molecule has 0 atom stereocenters. The van der Waals surface area contributed by atoms with Crippen LogP contribution in [0.4, 0.5) is 11.4 Å². The number of hydrogen-bond acceptors (Lipinski definition) is 6. The molecule has 1 aliphatic heterocycles. The van der Waals surface area contributed by atoms with E-state index in [9.17, 15) is 9.59 Å². The van der Waals surface area contributed by atoms with Gasteiger partial charge in [0, 0.05) is 19.8 Å². The summed E-state index contributed by atoms with van der Waals surface area (Å²) in [5, 5.41) is 0. The van der Waals surface area contributed by atoms with E-state index >= 15 is 0 Å². The molecule has 5 nitrogen and oxygen atoms in total. The first-order chi connectivity index (χ1) is 12.9. The summed E-state index contributed by atoms with van der Waals surface area (Å²) in [4.78, 5) is 28.4. The molecule has 0 radical (unpaired) electrons.